The van der Waals surface area contributed by atoms with Gasteiger partial charge in [-0.05, 0) is 31.7 Å². The first kappa shape index (κ1) is 9.63. The second-order valence-electron chi connectivity index (χ2n) is 4.98. The number of benzene rings is 1. The van der Waals surface area contributed by atoms with Crippen LogP contribution in [0.2, 0.25) is 0 Å². The molecule has 16 heavy (non-hydrogen) atoms. The maximum Gasteiger partial charge on any atom is 0.271 e. The van der Waals surface area contributed by atoms with Gasteiger partial charge in [0.25, 0.3) is 5.69 Å². The number of nitro benzene ring substituents is 1. The Bertz CT molecular complexity index is 458. The highest BCUT2D eigenvalue weighted by Gasteiger charge is 2.58. The summed E-state index contributed by atoms with van der Waals surface area (Å²) in [5, 5.41) is 10.7. The van der Waals surface area contributed by atoms with Crippen molar-refractivity contribution in [1.82, 2.24) is 0 Å². The molecule has 0 bridgehead atoms. The number of hydrogen-bond acceptors (Lipinski definition) is 3. The van der Waals surface area contributed by atoms with Crippen LogP contribution in [0.25, 0.3) is 0 Å². The molecule has 0 unspecified atom stereocenters. The quantitative estimate of drug-likeness (QED) is 0.566. The van der Waals surface area contributed by atoms with Gasteiger partial charge in [0.05, 0.1) is 4.92 Å². The predicted molar refractivity (Wildman–Crippen MR) is 61.6 cm³/mol. The highest BCUT2D eigenvalue weighted by molar-refractivity contribution is 5.58. The van der Waals surface area contributed by atoms with E-state index >= 15 is 0 Å². The Kier molecular flexibility index (Phi) is 1.79. The van der Waals surface area contributed by atoms with E-state index in [2.05, 4.69) is 11.8 Å². The molecule has 0 N–H and O–H groups in total. The Morgan fingerprint density at radius 1 is 1.56 bits per heavy atom. The van der Waals surface area contributed by atoms with Crippen molar-refractivity contribution in [1.29, 1.82) is 0 Å². The molecule has 0 aromatic heterocycles. The third-order valence-corrected chi connectivity index (χ3v) is 4.05. The minimum Gasteiger partial charge on any atom is -0.366 e. The third kappa shape index (κ3) is 1.22. The summed E-state index contributed by atoms with van der Waals surface area (Å²) in [5.74, 6) is 0.798. The van der Waals surface area contributed by atoms with Crippen LogP contribution in [-0.4, -0.2) is 17.0 Å². The van der Waals surface area contributed by atoms with E-state index in [-0.39, 0.29) is 16.1 Å². The summed E-state index contributed by atoms with van der Waals surface area (Å²) in [4.78, 5) is 12.7. The lowest BCUT2D eigenvalue weighted by Crippen LogP contribution is -2.31. The molecule has 2 aliphatic rings. The molecule has 0 amide bonds. The molecule has 2 fully saturated rings. The van der Waals surface area contributed by atoms with Crippen LogP contribution in [0, 0.1) is 16.0 Å². The molecule has 4 heteroatoms. The molecule has 3 rings (SSSR count). The number of rotatable bonds is 2. The van der Waals surface area contributed by atoms with Crippen molar-refractivity contribution in [2.24, 2.45) is 5.92 Å². The fourth-order valence-corrected chi connectivity index (χ4v) is 2.92. The summed E-state index contributed by atoms with van der Waals surface area (Å²) in [7, 11) is 0. The van der Waals surface area contributed by atoms with E-state index in [1.54, 1.807) is 18.2 Å². The van der Waals surface area contributed by atoms with E-state index in [0.29, 0.717) is 0 Å². The second kappa shape index (κ2) is 2.97. The molecular formula is C12H14N2O2. The van der Waals surface area contributed by atoms with Crippen molar-refractivity contribution in [2.75, 3.05) is 11.4 Å². The molecule has 1 aliphatic heterocycles. The van der Waals surface area contributed by atoms with E-state index < -0.39 is 0 Å². The van der Waals surface area contributed by atoms with Gasteiger partial charge in [-0.1, -0.05) is 6.07 Å². The number of non-ortho nitro benzene ring substituents is 1. The van der Waals surface area contributed by atoms with Crippen molar-refractivity contribution < 1.29 is 4.92 Å². The maximum atomic E-state index is 10.7. The molecule has 1 aromatic carbocycles. The van der Waals surface area contributed by atoms with Gasteiger partial charge in [0.1, 0.15) is 0 Å². The van der Waals surface area contributed by atoms with Crippen LogP contribution in [-0.2, 0) is 0 Å². The number of anilines is 1. The molecule has 0 radical (unpaired) electrons. The lowest BCUT2D eigenvalue weighted by molar-refractivity contribution is -0.384. The van der Waals surface area contributed by atoms with Gasteiger partial charge in [0.15, 0.2) is 0 Å². The molecule has 1 heterocycles. The standard InChI is InChI=1S/C12H14N2O2/c1-12-8-9(12)5-6-13(12)10-3-2-4-11(7-10)14(15)16/h2-4,7,9H,5-6,8H2,1H3/t9-,12+/m0/s1. The second-order valence-corrected chi connectivity index (χ2v) is 4.98. The number of nitro groups is 1. The molecular weight excluding hydrogens is 204 g/mol. The number of hydrogen-bond donors (Lipinski definition) is 0. The predicted octanol–water partition coefficient (Wildman–Crippen LogP) is 2.58. The summed E-state index contributed by atoms with van der Waals surface area (Å²) >= 11 is 0. The monoisotopic (exact) mass is 218 g/mol. The fraction of sp³-hybridized carbons (Fsp3) is 0.500. The smallest absolute Gasteiger partial charge is 0.271 e. The van der Waals surface area contributed by atoms with Crippen LogP contribution < -0.4 is 4.90 Å². The molecule has 84 valence electrons. The fourth-order valence-electron chi connectivity index (χ4n) is 2.92. The average Bonchev–Trinajstić information content (AvgIpc) is 2.81. The summed E-state index contributed by atoms with van der Waals surface area (Å²) in [6.07, 6.45) is 2.45. The van der Waals surface area contributed by atoms with Crippen molar-refractivity contribution in [3.63, 3.8) is 0 Å². The first-order valence-electron chi connectivity index (χ1n) is 5.63. The minimum absolute atomic E-state index is 0.185. The Balaban J connectivity index is 1.95. The Labute approximate surface area is 94.0 Å². The molecule has 0 spiro atoms. The molecule has 2 atom stereocenters. The maximum absolute atomic E-state index is 10.7. The van der Waals surface area contributed by atoms with Gasteiger partial charge < -0.3 is 4.90 Å². The Morgan fingerprint density at radius 3 is 2.94 bits per heavy atom. The number of fused-ring (bicyclic) bond motifs is 1. The third-order valence-electron chi connectivity index (χ3n) is 4.05. The lowest BCUT2D eigenvalue weighted by Gasteiger charge is -2.27. The Morgan fingerprint density at radius 2 is 2.38 bits per heavy atom. The van der Waals surface area contributed by atoms with Crippen LogP contribution in [0.5, 0.6) is 0 Å². The summed E-state index contributed by atoms with van der Waals surface area (Å²) in [6.45, 7) is 3.28. The molecule has 4 nitrogen and oxygen atoms in total. The van der Waals surface area contributed by atoms with Crippen LogP contribution in [0.3, 0.4) is 0 Å². The van der Waals surface area contributed by atoms with Crippen LogP contribution in [0.15, 0.2) is 24.3 Å². The van der Waals surface area contributed by atoms with Gasteiger partial charge in [-0.2, -0.15) is 0 Å². The summed E-state index contributed by atoms with van der Waals surface area (Å²) in [6, 6.07) is 6.98. The first-order valence-corrected chi connectivity index (χ1v) is 5.63. The largest absolute Gasteiger partial charge is 0.366 e. The van der Waals surface area contributed by atoms with Gasteiger partial charge in [-0.25, -0.2) is 0 Å². The number of nitrogens with zero attached hydrogens (tertiary/aromatic N) is 2. The van der Waals surface area contributed by atoms with E-state index in [1.807, 2.05) is 6.07 Å². The van der Waals surface area contributed by atoms with Crippen LogP contribution in [0.4, 0.5) is 11.4 Å². The van der Waals surface area contributed by atoms with Gasteiger partial charge in [-0.15, -0.1) is 0 Å². The SMILES string of the molecule is C[C@@]12C[C@@H]1CCN2c1cccc([N+](=O)[O-])c1. The van der Waals surface area contributed by atoms with Crippen molar-refractivity contribution in [2.45, 2.75) is 25.3 Å². The molecule has 1 aromatic rings. The number of piperidine rings is 1. The van der Waals surface area contributed by atoms with E-state index in [4.69, 9.17) is 0 Å². The zero-order valence-electron chi connectivity index (χ0n) is 9.22. The van der Waals surface area contributed by atoms with Gasteiger partial charge in [-0.3, -0.25) is 10.1 Å². The van der Waals surface area contributed by atoms with Crippen LogP contribution in [0.1, 0.15) is 19.8 Å². The average molecular weight is 218 g/mol. The van der Waals surface area contributed by atoms with Gasteiger partial charge in [0, 0.05) is 29.9 Å². The van der Waals surface area contributed by atoms with Gasteiger partial charge >= 0.3 is 0 Å². The molecule has 1 aliphatic carbocycles. The van der Waals surface area contributed by atoms with Crippen molar-refractivity contribution >= 4 is 11.4 Å². The highest BCUT2D eigenvalue weighted by Crippen LogP contribution is 2.56. The topological polar surface area (TPSA) is 46.4 Å². The normalized spacial score (nSPS) is 31.3. The zero-order chi connectivity index (χ0) is 11.3. The highest BCUT2D eigenvalue weighted by atomic mass is 16.6. The first-order chi connectivity index (χ1) is 7.61. The zero-order valence-corrected chi connectivity index (χ0v) is 9.22. The van der Waals surface area contributed by atoms with Gasteiger partial charge in [0.2, 0.25) is 0 Å². The summed E-state index contributed by atoms with van der Waals surface area (Å²) < 4.78 is 0. The summed E-state index contributed by atoms with van der Waals surface area (Å²) in [5.41, 5.74) is 1.46. The molecule has 1 saturated heterocycles. The Hall–Kier alpha value is -1.58. The lowest BCUT2D eigenvalue weighted by atomic mass is 10.2. The minimum atomic E-state index is -0.327. The van der Waals surface area contributed by atoms with Crippen LogP contribution >= 0.6 is 0 Å². The van der Waals surface area contributed by atoms with E-state index in [0.717, 1.165) is 18.2 Å². The van der Waals surface area contributed by atoms with Crippen molar-refractivity contribution in [3.05, 3.63) is 34.4 Å². The van der Waals surface area contributed by atoms with E-state index in [1.165, 1.54) is 12.8 Å². The molecule has 1 saturated carbocycles. The van der Waals surface area contributed by atoms with Crippen molar-refractivity contribution in [3.8, 4) is 0 Å². The van der Waals surface area contributed by atoms with E-state index in [9.17, 15) is 10.1 Å².